The number of halogens is 2. The van der Waals surface area contributed by atoms with Gasteiger partial charge in [-0.1, -0.05) is 16.8 Å². The number of nitrogens with zero attached hydrogens (tertiary/aromatic N) is 1. The molecular formula is C16H19Cl2N3O2. The summed E-state index contributed by atoms with van der Waals surface area (Å²) in [6.07, 6.45) is 1.85. The Morgan fingerprint density at radius 3 is 2.83 bits per heavy atom. The molecule has 124 valence electrons. The third-order valence-electron chi connectivity index (χ3n) is 3.83. The number of amides is 1. The highest BCUT2D eigenvalue weighted by molar-refractivity contribution is 6.30. The fourth-order valence-electron chi connectivity index (χ4n) is 2.65. The monoisotopic (exact) mass is 355 g/mol. The van der Waals surface area contributed by atoms with Crippen LogP contribution in [-0.2, 0) is 0 Å². The van der Waals surface area contributed by atoms with Gasteiger partial charge in [0.05, 0.1) is 0 Å². The van der Waals surface area contributed by atoms with Crippen molar-refractivity contribution in [3.63, 3.8) is 0 Å². The van der Waals surface area contributed by atoms with E-state index >= 15 is 0 Å². The zero-order valence-corrected chi connectivity index (χ0v) is 14.3. The van der Waals surface area contributed by atoms with Gasteiger partial charge in [-0.25, -0.2) is 0 Å². The molecule has 0 bridgehead atoms. The minimum Gasteiger partial charge on any atom is -0.355 e. The van der Waals surface area contributed by atoms with Crippen molar-refractivity contribution in [1.82, 2.24) is 15.8 Å². The maximum absolute atomic E-state index is 12.2. The first-order valence-corrected chi connectivity index (χ1v) is 7.76. The second-order valence-corrected chi connectivity index (χ2v) is 6.07. The summed E-state index contributed by atoms with van der Waals surface area (Å²) in [5.41, 5.74) is 1.14. The first-order chi connectivity index (χ1) is 10.6. The van der Waals surface area contributed by atoms with Crippen LogP contribution in [-0.4, -0.2) is 29.7 Å². The second kappa shape index (κ2) is 7.81. The molecule has 1 amide bonds. The van der Waals surface area contributed by atoms with Gasteiger partial charge in [0, 0.05) is 28.7 Å². The first-order valence-electron chi connectivity index (χ1n) is 7.39. The lowest BCUT2D eigenvalue weighted by Crippen LogP contribution is -2.46. The van der Waals surface area contributed by atoms with Gasteiger partial charge in [-0.15, -0.1) is 12.4 Å². The van der Waals surface area contributed by atoms with E-state index in [0.29, 0.717) is 22.5 Å². The Kier molecular flexibility index (Phi) is 6.04. The Bertz CT molecular complexity index is 658. The molecule has 3 rings (SSSR count). The van der Waals surface area contributed by atoms with Crippen molar-refractivity contribution in [2.24, 2.45) is 0 Å². The largest absolute Gasteiger partial charge is 0.355 e. The lowest BCUT2D eigenvalue weighted by molar-refractivity contribution is 0.0916. The van der Waals surface area contributed by atoms with E-state index < -0.39 is 0 Å². The SMILES string of the molecule is CC1CC(NC(=O)c2cc(-c3ccc(Cl)cc3)on2)CCN1.Cl. The first kappa shape index (κ1) is 17.8. The van der Waals surface area contributed by atoms with Crippen LogP contribution in [0.25, 0.3) is 11.3 Å². The highest BCUT2D eigenvalue weighted by Crippen LogP contribution is 2.22. The molecule has 2 N–H and O–H groups in total. The molecule has 1 aromatic carbocycles. The molecular weight excluding hydrogens is 337 g/mol. The molecule has 0 spiro atoms. The van der Waals surface area contributed by atoms with Crippen molar-refractivity contribution >= 4 is 29.9 Å². The molecule has 2 heterocycles. The number of carbonyl (C=O) groups excluding carboxylic acids is 1. The van der Waals surface area contributed by atoms with E-state index in [2.05, 4.69) is 22.7 Å². The molecule has 7 heteroatoms. The van der Waals surface area contributed by atoms with Crippen LogP contribution in [0.1, 0.15) is 30.3 Å². The van der Waals surface area contributed by atoms with E-state index in [1.54, 1.807) is 18.2 Å². The summed E-state index contributed by atoms with van der Waals surface area (Å²) in [7, 11) is 0. The molecule has 2 unspecified atom stereocenters. The molecule has 5 nitrogen and oxygen atoms in total. The predicted molar refractivity (Wildman–Crippen MR) is 92.1 cm³/mol. The fraction of sp³-hybridized carbons (Fsp3) is 0.375. The molecule has 1 saturated heterocycles. The lowest BCUT2D eigenvalue weighted by atomic mass is 10.0. The molecule has 1 fully saturated rings. The van der Waals surface area contributed by atoms with E-state index in [1.165, 1.54) is 0 Å². The van der Waals surface area contributed by atoms with Gasteiger partial charge in [0.25, 0.3) is 5.91 Å². The van der Waals surface area contributed by atoms with Crippen LogP contribution in [0.5, 0.6) is 0 Å². The zero-order valence-electron chi connectivity index (χ0n) is 12.7. The molecule has 0 saturated carbocycles. The molecule has 2 atom stereocenters. The van der Waals surface area contributed by atoms with Crippen LogP contribution in [0.3, 0.4) is 0 Å². The number of aromatic nitrogens is 1. The second-order valence-electron chi connectivity index (χ2n) is 5.63. The van der Waals surface area contributed by atoms with Gasteiger partial charge in [0.15, 0.2) is 11.5 Å². The quantitative estimate of drug-likeness (QED) is 0.886. The summed E-state index contributed by atoms with van der Waals surface area (Å²) in [5, 5.41) is 10.9. The van der Waals surface area contributed by atoms with E-state index in [0.717, 1.165) is 24.9 Å². The average Bonchev–Trinajstić information content (AvgIpc) is 2.98. The number of rotatable bonds is 3. The third-order valence-corrected chi connectivity index (χ3v) is 4.08. The Morgan fingerprint density at radius 2 is 2.13 bits per heavy atom. The molecule has 1 aliphatic heterocycles. The normalized spacial score (nSPS) is 20.6. The standard InChI is InChI=1S/C16H18ClN3O2.ClH/c1-10-8-13(6-7-18-10)19-16(21)14-9-15(22-20-14)11-2-4-12(17)5-3-11;/h2-5,9-10,13,18H,6-8H2,1H3,(H,19,21);1H. The van der Waals surface area contributed by atoms with Crippen LogP contribution in [0.2, 0.25) is 5.02 Å². The summed E-state index contributed by atoms with van der Waals surface area (Å²) >= 11 is 5.86. The summed E-state index contributed by atoms with van der Waals surface area (Å²) in [5.74, 6) is 0.364. The van der Waals surface area contributed by atoms with Crippen molar-refractivity contribution < 1.29 is 9.32 Å². The molecule has 1 aromatic heterocycles. The summed E-state index contributed by atoms with van der Waals surface area (Å²) in [4.78, 5) is 12.2. The average molecular weight is 356 g/mol. The van der Waals surface area contributed by atoms with E-state index in [1.807, 2.05) is 12.1 Å². The lowest BCUT2D eigenvalue weighted by Gasteiger charge is -2.28. The fourth-order valence-corrected chi connectivity index (χ4v) is 2.78. The number of hydrogen-bond donors (Lipinski definition) is 2. The van der Waals surface area contributed by atoms with E-state index in [-0.39, 0.29) is 24.4 Å². The van der Waals surface area contributed by atoms with Crippen LogP contribution in [0, 0.1) is 0 Å². The third kappa shape index (κ3) is 4.47. The maximum atomic E-state index is 12.2. The van der Waals surface area contributed by atoms with Crippen LogP contribution >= 0.6 is 24.0 Å². The highest BCUT2D eigenvalue weighted by Gasteiger charge is 2.22. The minimum absolute atomic E-state index is 0. The van der Waals surface area contributed by atoms with Crippen LogP contribution in [0.4, 0.5) is 0 Å². The van der Waals surface area contributed by atoms with Crippen LogP contribution in [0.15, 0.2) is 34.9 Å². The van der Waals surface area contributed by atoms with Crippen molar-refractivity contribution in [1.29, 1.82) is 0 Å². The van der Waals surface area contributed by atoms with Gasteiger partial charge < -0.3 is 15.2 Å². The minimum atomic E-state index is -0.192. The Labute approximate surface area is 146 Å². The van der Waals surface area contributed by atoms with Gasteiger partial charge in [-0.3, -0.25) is 4.79 Å². The summed E-state index contributed by atoms with van der Waals surface area (Å²) in [6.45, 7) is 3.04. The molecule has 23 heavy (non-hydrogen) atoms. The number of carbonyl (C=O) groups is 1. The maximum Gasteiger partial charge on any atom is 0.273 e. The predicted octanol–water partition coefficient (Wildman–Crippen LogP) is 3.29. The van der Waals surface area contributed by atoms with Gasteiger partial charge in [0.1, 0.15) is 0 Å². The Morgan fingerprint density at radius 1 is 1.39 bits per heavy atom. The smallest absolute Gasteiger partial charge is 0.273 e. The Balaban J connectivity index is 0.00000192. The van der Waals surface area contributed by atoms with E-state index in [9.17, 15) is 4.79 Å². The molecule has 0 aliphatic carbocycles. The van der Waals surface area contributed by atoms with Gasteiger partial charge in [-0.2, -0.15) is 0 Å². The molecule has 0 radical (unpaired) electrons. The summed E-state index contributed by atoms with van der Waals surface area (Å²) in [6, 6.07) is 9.46. The van der Waals surface area contributed by atoms with E-state index in [4.69, 9.17) is 16.1 Å². The van der Waals surface area contributed by atoms with Crippen LogP contribution < -0.4 is 10.6 Å². The zero-order chi connectivity index (χ0) is 15.5. The number of nitrogens with one attached hydrogen (secondary N) is 2. The topological polar surface area (TPSA) is 67.2 Å². The number of piperidine rings is 1. The van der Waals surface area contributed by atoms with Crippen molar-refractivity contribution in [3.8, 4) is 11.3 Å². The molecule has 2 aromatic rings. The van der Waals surface area contributed by atoms with Gasteiger partial charge in [0.2, 0.25) is 0 Å². The summed E-state index contributed by atoms with van der Waals surface area (Å²) < 4.78 is 5.26. The Hall–Kier alpha value is -1.56. The molecule has 1 aliphatic rings. The number of benzene rings is 1. The van der Waals surface area contributed by atoms with Crippen molar-refractivity contribution in [3.05, 3.63) is 41.0 Å². The van der Waals surface area contributed by atoms with Gasteiger partial charge in [-0.05, 0) is 50.6 Å². The number of hydrogen-bond acceptors (Lipinski definition) is 4. The van der Waals surface area contributed by atoms with Crippen molar-refractivity contribution in [2.75, 3.05) is 6.54 Å². The van der Waals surface area contributed by atoms with Gasteiger partial charge >= 0.3 is 0 Å². The highest BCUT2D eigenvalue weighted by atomic mass is 35.5. The van der Waals surface area contributed by atoms with Crippen molar-refractivity contribution in [2.45, 2.75) is 31.8 Å².